The first-order chi connectivity index (χ1) is 9.20. The molecule has 0 aromatic heterocycles. The molecular formula is C14H16N2O3S. The van der Waals surface area contributed by atoms with Crippen molar-refractivity contribution < 1.29 is 13.0 Å². The summed E-state index contributed by atoms with van der Waals surface area (Å²) in [4.78, 5) is -0.283. The van der Waals surface area contributed by atoms with Crippen LogP contribution in [0.1, 0.15) is 11.1 Å². The molecule has 2 rings (SSSR count). The van der Waals surface area contributed by atoms with Crippen LogP contribution in [-0.2, 0) is 10.1 Å². The summed E-state index contributed by atoms with van der Waals surface area (Å²) in [6, 6.07) is 8.28. The molecule has 0 aliphatic carbocycles. The molecule has 2 aromatic carbocycles. The molecule has 5 N–H and O–H groups in total. The van der Waals surface area contributed by atoms with Crippen LogP contribution < -0.4 is 11.5 Å². The Morgan fingerprint density at radius 3 is 2.10 bits per heavy atom. The Kier molecular flexibility index (Phi) is 3.45. The smallest absolute Gasteiger partial charge is 0.296 e. The van der Waals surface area contributed by atoms with Crippen LogP contribution in [0.15, 0.2) is 35.2 Å². The van der Waals surface area contributed by atoms with Crippen LogP contribution in [-0.4, -0.2) is 13.0 Å². The minimum Gasteiger partial charge on any atom is -0.399 e. The number of hydrogen-bond donors (Lipinski definition) is 3. The van der Waals surface area contributed by atoms with Gasteiger partial charge in [0.15, 0.2) is 0 Å². The van der Waals surface area contributed by atoms with E-state index in [4.69, 9.17) is 11.5 Å². The highest BCUT2D eigenvalue weighted by molar-refractivity contribution is 7.86. The molecular weight excluding hydrogens is 276 g/mol. The third-order valence-corrected chi connectivity index (χ3v) is 4.08. The van der Waals surface area contributed by atoms with Crippen LogP contribution in [0.2, 0.25) is 0 Å². The predicted molar refractivity (Wildman–Crippen MR) is 80.0 cm³/mol. The molecule has 0 radical (unpaired) electrons. The molecule has 0 unspecified atom stereocenters. The first-order valence-corrected chi connectivity index (χ1v) is 7.38. The second-order valence-corrected chi connectivity index (χ2v) is 6.14. The zero-order chi connectivity index (χ0) is 15.1. The molecule has 0 amide bonds. The first-order valence-electron chi connectivity index (χ1n) is 5.94. The van der Waals surface area contributed by atoms with Gasteiger partial charge in [-0.05, 0) is 60.4 Å². The average Bonchev–Trinajstić information content (AvgIpc) is 2.28. The highest BCUT2D eigenvalue weighted by atomic mass is 32.2. The van der Waals surface area contributed by atoms with E-state index in [1.807, 2.05) is 19.9 Å². The molecule has 0 atom stereocenters. The van der Waals surface area contributed by atoms with Crippen molar-refractivity contribution in [2.24, 2.45) is 0 Å². The van der Waals surface area contributed by atoms with Crippen molar-refractivity contribution in [3.8, 4) is 11.1 Å². The lowest BCUT2D eigenvalue weighted by Gasteiger charge is -2.13. The Balaban J connectivity index is 2.75. The SMILES string of the molecule is Cc1cc(N)ccc1-c1cc(S(=O)(=O)O)c(N)cc1C. The molecule has 0 saturated carbocycles. The number of hydrogen-bond acceptors (Lipinski definition) is 4. The summed E-state index contributed by atoms with van der Waals surface area (Å²) in [6.45, 7) is 3.71. The second kappa shape index (κ2) is 4.81. The van der Waals surface area contributed by atoms with E-state index in [1.54, 1.807) is 12.1 Å². The maximum absolute atomic E-state index is 11.3. The summed E-state index contributed by atoms with van der Waals surface area (Å²) in [7, 11) is -4.35. The van der Waals surface area contributed by atoms with Gasteiger partial charge in [0.05, 0.1) is 5.69 Å². The normalized spacial score (nSPS) is 11.6. The lowest BCUT2D eigenvalue weighted by molar-refractivity contribution is 0.483. The molecule has 5 nitrogen and oxygen atoms in total. The van der Waals surface area contributed by atoms with Crippen molar-refractivity contribution in [1.82, 2.24) is 0 Å². The van der Waals surface area contributed by atoms with Crippen LogP contribution in [0.4, 0.5) is 11.4 Å². The monoisotopic (exact) mass is 292 g/mol. The van der Waals surface area contributed by atoms with Crippen molar-refractivity contribution >= 4 is 21.5 Å². The van der Waals surface area contributed by atoms with Gasteiger partial charge in [0.2, 0.25) is 0 Å². The fourth-order valence-electron chi connectivity index (χ4n) is 2.21. The summed E-state index contributed by atoms with van der Waals surface area (Å²) in [5, 5.41) is 0. The Morgan fingerprint density at radius 2 is 1.55 bits per heavy atom. The molecule has 106 valence electrons. The Hall–Kier alpha value is -2.05. The van der Waals surface area contributed by atoms with E-state index in [0.717, 1.165) is 16.7 Å². The third kappa shape index (κ3) is 2.61. The van der Waals surface area contributed by atoms with Gasteiger partial charge in [0, 0.05) is 5.69 Å². The van der Waals surface area contributed by atoms with Gasteiger partial charge in [0.1, 0.15) is 4.90 Å². The maximum Gasteiger partial charge on any atom is 0.296 e. The Labute approximate surface area is 118 Å². The maximum atomic E-state index is 11.3. The Morgan fingerprint density at radius 1 is 0.950 bits per heavy atom. The molecule has 0 bridgehead atoms. The van der Waals surface area contributed by atoms with Crippen LogP contribution >= 0.6 is 0 Å². The van der Waals surface area contributed by atoms with Crippen LogP contribution in [0, 0.1) is 13.8 Å². The summed E-state index contributed by atoms with van der Waals surface area (Å²) in [5.41, 5.74) is 15.3. The standard InChI is InChI=1S/C14H16N2O3S/c1-8-5-10(15)3-4-11(8)12-7-14(20(17,18)19)13(16)6-9(12)2/h3-7H,15-16H2,1-2H3,(H,17,18,19). The van der Waals surface area contributed by atoms with Crippen molar-refractivity contribution in [3.05, 3.63) is 41.5 Å². The summed E-state index contributed by atoms with van der Waals surface area (Å²) < 4.78 is 31.9. The van der Waals surface area contributed by atoms with E-state index >= 15 is 0 Å². The molecule has 0 heterocycles. The Bertz CT molecular complexity index is 783. The van der Waals surface area contributed by atoms with Crippen LogP contribution in [0.3, 0.4) is 0 Å². The van der Waals surface area contributed by atoms with E-state index in [1.165, 1.54) is 12.1 Å². The second-order valence-electron chi connectivity index (χ2n) is 4.75. The minimum atomic E-state index is -4.35. The van der Waals surface area contributed by atoms with Gasteiger partial charge < -0.3 is 11.5 Å². The van der Waals surface area contributed by atoms with Crippen molar-refractivity contribution in [2.75, 3.05) is 11.5 Å². The van der Waals surface area contributed by atoms with Crippen molar-refractivity contribution in [2.45, 2.75) is 18.7 Å². The van der Waals surface area contributed by atoms with Crippen molar-refractivity contribution in [1.29, 1.82) is 0 Å². The van der Waals surface area contributed by atoms with Gasteiger partial charge in [0.25, 0.3) is 10.1 Å². The molecule has 0 fully saturated rings. The molecule has 0 spiro atoms. The van der Waals surface area contributed by atoms with Gasteiger partial charge in [-0.15, -0.1) is 0 Å². The molecule has 20 heavy (non-hydrogen) atoms. The number of benzene rings is 2. The third-order valence-electron chi connectivity index (χ3n) is 3.18. The largest absolute Gasteiger partial charge is 0.399 e. The molecule has 6 heteroatoms. The topological polar surface area (TPSA) is 106 Å². The fourth-order valence-corrected chi connectivity index (χ4v) is 2.84. The van der Waals surface area contributed by atoms with Crippen LogP contribution in [0.25, 0.3) is 11.1 Å². The van der Waals surface area contributed by atoms with E-state index in [0.29, 0.717) is 11.3 Å². The van der Waals surface area contributed by atoms with E-state index in [2.05, 4.69) is 0 Å². The van der Waals surface area contributed by atoms with Gasteiger partial charge in [-0.25, -0.2) is 0 Å². The van der Waals surface area contributed by atoms with E-state index in [-0.39, 0.29) is 10.6 Å². The lowest BCUT2D eigenvalue weighted by Crippen LogP contribution is -2.04. The number of nitrogens with two attached hydrogens (primary N) is 2. The quantitative estimate of drug-likeness (QED) is 0.582. The zero-order valence-electron chi connectivity index (χ0n) is 11.2. The summed E-state index contributed by atoms with van der Waals surface area (Å²) in [5.74, 6) is 0. The fraction of sp³-hybridized carbons (Fsp3) is 0.143. The average molecular weight is 292 g/mol. The summed E-state index contributed by atoms with van der Waals surface area (Å²) >= 11 is 0. The predicted octanol–water partition coefficient (Wildman–Crippen LogP) is 2.38. The number of rotatable bonds is 2. The van der Waals surface area contributed by atoms with Gasteiger partial charge in [-0.1, -0.05) is 6.07 Å². The highest BCUT2D eigenvalue weighted by Gasteiger charge is 2.17. The molecule has 0 aliphatic rings. The van der Waals surface area contributed by atoms with Gasteiger partial charge >= 0.3 is 0 Å². The zero-order valence-corrected chi connectivity index (χ0v) is 12.0. The van der Waals surface area contributed by atoms with Gasteiger partial charge in [-0.2, -0.15) is 8.42 Å². The van der Waals surface area contributed by atoms with Crippen LogP contribution in [0.5, 0.6) is 0 Å². The molecule has 0 aliphatic heterocycles. The first kappa shape index (κ1) is 14.4. The number of nitrogen functional groups attached to an aromatic ring is 2. The number of anilines is 2. The minimum absolute atomic E-state index is 0.0295. The lowest BCUT2D eigenvalue weighted by atomic mass is 9.96. The molecule has 2 aromatic rings. The summed E-state index contributed by atoms with van der Waals surface area (Å²) in [6.07, 6.45) is 0. The number of aryl methyl sites for hydroxylation is 2. The van der Waals surface area contributed by atoms with E-state index < -0.39 is 10.1 Å². The van der Waals surface area contributed by atoms with Crippen molar-refractivity contribution in [3.63, 3.8) is 0 Å². The van der Waals surface area contributed by atoms with E-state index in [9.17, 15) is 13.0 Å². The van der Waals surface area contributed by atoms with Gasteiger partial charge in [-0.3, -0.25) is 4.55 Å². The highest BCUT2D eigenvalue weighted by Crippen LogP contribution is 2.32. The molecule has 0 saturated heterocycles.